The molecular formula is C24H29N3O4. The molecule has 3 rings (SSSR count). The molecule has 0 saturated carbocycles. The van der Waals surface area contributed by atoms with Gasteiger partial charge >= 0.3 is 0 Å². The van der Waals surface area contributed by atoms with Crippen molar-refractivity contribution < 1.29 is 19.1 Å². The Kier molecular flexibility index (Phi) is 7.65. The molecule has 2 N–H and O–H groups in total. The molecule has 1 saturated heterocycles. The Morgan fingerprint density at radius 2 is 1.68 bits per heavy atom. The van der Waals surface area contributed by atoms with Crippen LogP contribution in [0.5, 0.6) is 5.75 Å². The van der Waals surface area contributed by atoms with Gasteiger partial charge < -0.3 is 20.3 Å². The Morgan fingerprint density at radius 3 is 2.32 bits per heavy atom. The number of para-hydroxylation sites is 1. The van der Waals surface area contributed by atoms with Gasteiger partial charge in [-0.1, -0.05) is 36.4 Å². The number of ether oxygens (including phenoxy) is 1. The maximum Gasteiger partial charge on any atom is 0.253 e. The molecule has 2 aromatic carbocycles. The van der Waals surface area contributed by atoms with Crippen LogP contribution in [0.25, 0.3) is 0 Å². The van der Waals surface area contributed by atoms with Crippen LogP contribution in [0.1, 0.15) is 35.7 Å². The van der Waals surface area contributed by atoms with E-state index in [-0.39, 0.29) is 23.8 Å². The quantitative estimate of drug-likeness (QED) is 0.715. The van der Waals surface area contributed by atoms with Crippen LogP contribution >= 0.6 is 0 Å². The Bertz CT molecular complexity index is 908. The van der Waals surface area contributed by atoms with Gasteiger partial charge in [0.25, 0.3) is 5.91 Å². The highest BCUT2D eigenvalue weighted by molar-refractivity contribution is 5.94. The number of hydrogen-bond donors (Lipinski definition) is 2. The lowest BCUT2D eigenvalue weighted by atomic mass is 10.0. The van der Waals surface area contributed by atoms with Crippen LogP contribution in [0.2, 0.25) is 0 Å². The van der Waals surface area contributed by atoms with Crippen LogP contribution < -0.4 is 15.4 Å². The van der Waals surface area contributed by atoms with Gasteiger partial charge in [0, 0.05) is 38.0 Å². The second kappa shape index (κ2) is 10.6. The minimum atomic E-state index is -0.696. The summed E-state index contributed by atoms with van der Waals surface area (Å²) < 4.78 is 5.37. The highest BCUT2D eigenvalue weighted by atomic mass is 16.5. The minimum absolute atomic E-state index is 0.0117. The van der Waals surface area contributed by atoms with Crippen molar-refractivity contribution in [2.24, 2.45) is 0 Å². The van der Waals surface area contributed by atoms with Crippen molar-refractivity contribution in [2.45, 2.75) is 38.3 Å². The predicted octanol–water partition coefficient (Wildman–Crippen LogP) is 2.16. The number of carbonyl (C=O) groups is 3. The Hall–Kier alpha value is -3.35. The highest BCUT2D eigenvalue weighted by Crippen LogP contribution is 2.20. The van der Waals surface area contributed by atoms with E-state index in [4.69, 9.17) is 4.74 Å². The summed E-state index contributed by atoms with van der Waals surface area (Å²) in [5.41, 5.74) is 1.52. The van der Waals surface area contributed by atoms with Gasteiger partial charge in [-0.2, -0.15) is 0 Å². The molecule has 164 valence electrons. The average molecular weight is 424 g/mol. The van der Waals surface area contributed by atoms with E-state index in [1.54, 1.807) is 7.11 Å². The molecular weight excluding hydrogens is 394 g/mol. The lowest BCUT2D eigenvalue weighted by Gasteiger charge is -2.33. The van der Waals surface area contributed by atoms with Crippen molar-refractivity contribution in [1.29, 1.82) is 0 Å². The first kappa shape index (κ1) is 22.3. The number of likely N-dealkylation sites (tertiary alicyclic amines) is 1. The fraction of sp³-hybridized carbons (Fsp3) is 0.375. The number of nitrogens with one attached hydrogen (secondary N) is 2. The van der Waals surface area contributed by atoms with Crippen LogP contribution in [0, 0.1) is 0 Å². The monoisotopic (exact) mass is 423 g/mol. The van der Waals surface area contributed by atoms with Crippen LogP contribution in [0.4, 0.5) is 0 Å². The molecule has 0 aromatic heterocycles. The first-order chi connectivity index (χ1) is 15.0. The molecule has 1 aliphatic rings. The normalized spacial score (nSPS) is 15.1. The molecule has 2 aromatic rings. The number of methoxy groups -OCH3 is 1. The molecule has 0 bridgehead atoms. The van der Waals surface area contributed by atoms with Gasteiger partial charge in [0.15, 0.2) is 0 Å². The SMILES string of the molecule is COc1ccccc1CC(NC(C)=O)C(=O)NC1CCN(C(=O)c2ccccc2)CC1. The number of carbonyl (C=O) groups excluding carboxylic acids is 3. The second-order valence-corrected chi connectivity index (χ2v) is 7.71. The topological polar surface area (TPSA) is 87.7 Å². The van der Waals surface area contributed by atoms with Gasteiger partial charge in [-0.15, -0.1) is 0 Å². The van der Waals surface area contributed by atoms with Crippen molar-refractivity contribution in [1.82, 2.24) is 15.5 Å². The summed E-state index contributed by atoms with van der Waals surface area (Å²) in [6.45, 7) is 2.56. The number of piperidine rings is 1. The van der Waals surface area contributed by atoms with Crippen molar-refractivity contribution in [3.8, 4) is 5.75 Å². The van der Waals surface area contributed by atoms with E-state index >= 15 is 0 Å². The van der Waals surface area contributed by atoms with Crippen molar-refractivity contribution in [2.75, 3.05) is 20.2 Å². The average Bonchev–Trinajstić information content (AvgIpc) is 2.79. The van der Waals surface area contributed by atoms with E-state index in [2.05, 4.69) is 10.6 Å². The third kappa shape index (κ3) is 6.07. The predicted molar refractivity (Wildman–Crippen MR) is 118 cm³/mol. The molecule has 3 amide bonds. The summed E-state index contributed by atoms with van der Waals surface area (Å²) in [4.78, 5) is 39.0. The van der Waals surface area contributed by atoms with Crippen molar-refractivity contribution >= 4 is 17.7 Å². The molecule has 7 heteroatoms. The van der Waals surface area contributed by atoms with Crippen molar-refractivity contribution in [3.63, 3.8) is 0 Å². The van der Waals surface area contributed by atoms with E-state index in [1.165, 1.54) is 6.92 Å². The molecule has 1 fully saturated rings. The smallest absolute Gasteiger partial charge is 0.253 e. The van der Waals surface area contributed by atoms with Crippen LogP contribution in [0.3, 0.4) is 0 Å². The van der Waals surface area contributed by atoms with Crippen LogP contribution in [-0.2, 0) is 16.0 Å². The van der Waals surface area contributed by atoms with E-state index in [0.717, 1.165) is 5.56 Å². The molecule has 31 heavy (non-hydrogen) atoms. The third-order valence-corrected chi connectivity index (χ3v) is 5.46. The summed E-state index contributed by atoms with van der Waals surface area (Å²) in [5, 5.41) is 5.80. The van der Waals surface area contributed by atoms with Crippen molar-refractivity contribution in [3.05, 3.63) is 65.7 Å². The molecule has 1 heterocycles. The van der Waals surface area contributed by atoms with Gasteiger partial charge in [-0.25, -0.2) is 0 Å². The highest BCUT2D eigenvalue weighted by Gasteiger charge is 2.28. The molecule has 0 aliphatic carbocycles. The Balaban J connectivity index is 1.58. The Morgan fingerprint density at radius 1 is 1.03 bits per heavy atom. The number of hydrogen-bond acceptors (Lipinski definition) is 4. The van der Waals surface area contributed by atoms with Gasteiger partial charge in [0.1, 0.15) is 11.8 Å². The zero-order chi connectivity index (χ0) is 22.2. The third-order valence-electron chi connectivity index (χ3n) is 5.46. The lowest BCUT2D eigenvalue weighted by Crippen LogP contribution is -2.53. The summed E-state index contributed by atoms with van der Waals surface area (Å²) in [5.74, 6) is 0.198. The minimum Gasteiger partial charge on any atom is -0.496 e. The second-order valence-electron chi connectivity index (χ2n) is 7.71. The Labute approximate surface area is 182 Å². The maximum atomic E-state index is 12.9. The summed E-state index contributed by atoms with van der Waals surface area (Å²) in [6, 6.07) is 15.9. The molecule has 1 aliphatic heterocycles. The van der Waals surface area contributed by atoms with Gasteiger partial charge in [0.05, 0.1) is 7.11 Å². The first-order valence-electron chi connectivity index (χ1n) is 10.5. The summed E-state index contributed by atoms with van der Waals surface area (Å²) in [6.07, 6.45) is 1.68. The lowest BCUT2D eigenvalue weighted by molar-refractivity contribution is -0.128. The zero-order valence-electron chi connectivity index (χ0n) is 18.0. The largest absolute Gasteiger partial charge is 0.496 e. The van der Waals surface area contributed by atoms with Crippen LogP contribution in [-0.4, -0.2) is 54.9 Å². The molecule has 0 spiro atoms. The number of amides is 3. The van der Waals surface area contributed by atoms with Gasteiger partial charge in [-0.05, 0) is 36.6 Å². The van der Waals surface area contributed by atoms with E-state index in [0.29, 0.717) is 43.7 Å². The van der Waals surface area contributed by atoms with E-state index in [1.807, 2.05) is 59.5 Å². The first-order valence-corrected chi connectivity index (χ1v) is 10.5. The van der Waals surface area contributed by atoms with Gasteiger partial charge in [0.2, 0.25) is 11.8 Å². The van der Waals surface area contributed by atoms with Gasteiger partial charge in [-0.3, -0.25) is 14.4 Å². The maximum absolute atomic E-state index is 12.9. The molecule has 1 atom stereocenters. The number of nitrogens with zero attached hydrogens (tertiary/aromatic N) is 1. The fourth-order valence-corrected chi connectivity index (χ4v) is 3.84. The van der Waals surface area contributed by atoms with E-state index in [9.17, 15) is 14.4 Å². The summed E-state index contributed by atoms with van der Waals surface area (Å²) in [7, 11) is 1.58. The summed E-state index contributed by atoms with van der Waals surface area (Å²) >= 11 is 0. The molecule has 1 unspecified atom stereocenters. The van der Waals surface area contributed by atoms with E-state index < -0.39 is 6.04 Å². The fourth-order valence-electron chi connectivity index (χ4n) is 3.84. The number of rotatable bonds is 7. The molecule has 0 radical (unpaired) electrons. The zero-order valence-corrected chi connectivity index (χ0v) is 18.0. The molecule has 7 nitrogen and oxygen atoms in total. The number of benzene rings is 2. The standard InChI is InChI=1S/C24H29N3O4/c1-17(28)25-21(16-19-10-6-7-11-22(19)31-2)23(29)26-20-12-14-27(15-13-20)24(30)18-8-4-3-5-9-18/h3-11,20-21H,12-16H2,1-2H3,(H,25,28)(H,26,29). The van der Waals surface area contributed by atoms with Crippen LogP contribution in [0.15, 0.2) is 54.6 Å².